The van der Waals surface area contributed by atoms with Crippen molar-refractivity contribution in [1.29, 1.82) is 0 Å². The van der Waals surface area contributed by atoms with Crippen molar-refractivity contribution in [3.05, 3.63) is 115 Å². The molecule has 0 aliphatic rings. The molecule has 0 unspecified atom stereocenters. The first-order valence-corrected chi connectivity index (χ1v) is 12.1. The molecule has 4 rings (SSSR count). The zero-order valence-corrected chi connectivity index (χ0v) is 19.6. The number of sulfonamides is 1. The number of ether oxygens (including phenoxy) is 2. The zero-order valence-electron chi connectivity index (χ0n) is 18.8. The van der Waals surface area contributed by atoms with E-state index in [1.807, 2.05) is 12.1 Å². The first-order valence-electron chi connectivity index (χ1n) is 10.6. The number of rotatable bonds is 7. The average molecular weight is 487 g/mol. The van der Waals surface area contributed by atoms with Gasteiger partial charge in [0.05, 0.1) is 17.7 Å². The van der Waals surface area contributed by atoms with Crippen LogP contribution in [0.2, 0.25) is 0 Å². The van der Waals surface area contributed by atoms with E-state index in [1.54, 1.807) is 79.1 Å². The Hall–Kier alpha value is -4.43. The molecule has 0 saturated heterocycles. The van der Waals surface area contributed by atoms with Crippen molar-refractivity contribution in [2.45, 2.75) is 4.90 Å². The van der Waals surface area contributed by atoms with Crippen LogP contribution < -0.4 is 13.8 Å². The molecule has 35 heavy (non-hydrogen) atoms. The fraction of sp³-hybridized carbons (Fsp3) is 0.0370. The van der Waals surface area contributed by atoms with E-state index in [-0.39, 0.29) is 16.3 Å². The Bertz CT molecular complexity index is 1420. The number of carbonyl (C=O) groups is 1. The highest BCUT2D eigenvalue weighted by Crippen LogP contribution is 2.30. The molecule has 0 spiro atoms. The molecule has 0 aliphatic heterocycles. The Kier molecular flexibility index (Phi) is 7.23. The largest absolute Gasteiger partial charge is 0.497 e. The van der Waals surface area contributed by atoms with Crippen LogP contribution in [0.4, 0.5) is 10.5 Å². The van der Waals surface area contributed by atoms with E-state index in [0.717, 1.165) is 5.56 Å². The minimum absolute atomic E-state index is 0.0868. The van der Waals surface area contributed by atoms with Gasteiger partial charge in [0.25, 0.3) is 10.0 Å². The second-order valence-electron chi connectivity index (χ2n) is 7.30. The maximum Gasteiger partial charge on any atom is 0.434 e. The third kappa shape index (κ3) is 5.56. The van der Waals surface area contributed by atoms with Gasteiger partial charge in [-0.15, -0.1) is 0 Å². The lowest BCUT2D eigenvalue weighted by atomic mass is 10.1. The van der Waals surface area contributed by atoms with Crippen LogP contribution in [-0.2, 0) is 10.0 Å². The number of para-hydroxylation sites is 2. The fourth-order valence-corrected chi connectivity index (χ4v) is 4.63. The molecule has 4 aromatic rings. The maximum atomic E-state index is 13.7. The first-order chi connectivity index (χ1) is 17.0. The molecule has 0 bridgehead atoms. The van der Waals surface area contributed by atoms with Crippen molar-refractivity contribution in [2.75, 3.05) is 11.4 Å². The molecule has 176 valence electrons. The predicted octanol–water partition coefficient (Wildman–Crippen LogP) is 5.65. The Balaban J connectivity index is 1.80. The Morgan fingerprint density at radius 3 is 2.14 bits per heavy atom. The van der Waals surface area contributed by atoms with Crippen LogP contribution in [-0.4, -0.2) is 26.6 Å². The summed E-state index contributed by atoms with van der Waals surface area (Å²) in [4.78, 5) is 17.3. The summed E-state index contributed by atoms with van der Waals surface area (Å²) in [6, 6.07) is 24.4. The molecule has 8 heteroatoms. The third-order valence-electron chi connectivity index (χ3n) is 5.03. The lowest BCUT2D eigenvalue weighted by molar-refractivity contribution is 0.211. The van der Waals surface area contributed by atoms with E-state index in [2.05, 4.69) is 4.98 Å². The molecular weight excluding hydrogens is 464 g/mol. The monoisotopic (exact) mass is 486 g/mol. The van der Waals surface area contributed by atoms with Crippen molar-refractivity contribution in [2.24, 2.45) is 0 Å². The molecule has 1 heterocycles. The lowest BCUT2D eigenvalue weighted by Gasteiger charge is -2.23. The minimum Gasteiger partial charge on any atom is -0.497 e. The molecular formula is C27H22N2O5S. The summed E-state index contributed by atoms with van der Waals surface area (Å²) in [5.41, 5.74) is 1.52. The van der Waals surface area contributed by atoms with Crippen LogP contribution in [0.25, 0.3) is 12.2 Å². The second kappa shape index (κ2) is 10.7. The van der Waals surface area contributed by atoms with E-state index >= 15 is 0 Å². The number of nitrogens with zero attached hydrogens (tertiary/aromatic N) is 2. The van der Waals surface area contributed by atoms with Gasteiger partial charge in [-0.25, -0.2) is 13.2 Å². The molecule has 1 amide bonds. The van der Waals surface area contributed by atoms with Crippen molar-refractivity contribution in [3.8, 4) is 11.5 Å². The number of hydrogen-bond acceptors (Lipinski definition) is 6. The summed E-state index contributed by atoms with van der Waals surface area (Å²) in [6.07, 6.45) is 5.79. The smallest absolute Gasteiger partial charge is 0.434 e. The summed E-state index contributed by atoms with van der Waals surface area (Å²) in [7, 11) is -2.86. The Morgan fingerprint density at radius 2 is 1.46 bits per heavy atom. The number of pyridine rings is 1. The van der Waals surface area contributed by atoms with Gasteiger partial charge in [-0.05, 0) is 65.7 Å². The van der Waals surface area contributed by atoms with E-state index in [4.69, 9.17) is 9.47 Å². The van der Waals surface area contributed by atoms with Crippen LogP contribution in [0.5, 0.6) is 11.5 Å². The number of benzene rings is 3. The Labute approximate surface area is 204 Å². The zero-order chi connectivity index (χ0) is 24.7. The third-order valence-corrected chi connectivity index (χ3v) is 6.72. The highest BCUT2D eigenvalue weighted by atomic mass is 32.2. The summed E-state index contributed by atoms with van der Waals surface area (Å²) < 4.78 is 38.7. The number of anilines is 1. The number of carbonyl (C=O) groups excluding carboxylic acids is 1. The van der Waals surface area contributed by atoms with E-state index < -0.39 is 16.1 Å². The van der Waals surface area contributed by atoms with E-state index in [9.17, 15) is 13.2 Å². The normalized spacial score (nSPS) is 11.2. The molecule has 0 saturated carbocycles. The van der Waals surface area contributed by atoms with Crippen LogP contribution in [0.3, 0.4) is 0 Å². The molecule has 7 nitrogen and oxygen atoms in total. The van der Waals surface area contributed by atoms with Gasteiger partial charge in [0.2, 0.25) is 0 Å². The molecule has 0 aliphatic carbocycles. The lowest BCUT2D eigenvalue weighted by Crippen LogP contribution is -2.39. The maximum absolute atomic E-state index is 13.7. The van der Waals surface area contributed by atoms with Gasteiger partial charge in [-0.3, -0.25) is 4.98 Å². The quantitative estimate of drug-likeness (QED) is 0.335. The standard InChI is InChI=1S/C27H22N2O5S/c1-33-23-13-15-25(16-14-23)35(31,32)29(27(30)34-24-8-3-2-4-9-24)26-10-6-5-7-22(26)12-11-21-17-19-28-20-18-21/h2-20H,1H3. The summed E-state index contributed by atoms with van der Waals surface area (Å²) in [5.74, 6) is 0.709. The molecule has 0 fully saturated rings. The first kappa shape index (κ1) is 23.7. The van der Waals surface area contributed by atoms with Crippen LogP contribution in [0.15, 0.2) is 108 Å². The predicted molar refractivity (Wildman–Crippen MR) is 135 cm³/mol. The topological polar surface area (TPSA) is 85.8 Å². The van der Waals surface area contributed by atoms with Gasteiger partial charge in [0.1, 0.15) is 11.5 Å². The SMILES string of the molecule is COc1ccc(S(=O)(=O)N(C(=O)Oc2ccccc2)c2ccccc2C=Cc2ccncc2)cc1. The molecule has 1 aromatic heterocycles. The van der Waals surface area contributed by atoms with Gasteiger partial charge >= 0.3 is 6.09 Å². The van der Waals surface area contributed by atoms with Gasteiger partial charge < -0.3 is 9.47 Å². The molecule has 0 N–H and O–H groups in total. The van der Waals surface area contributed by atoms with Gasteiger partial charge in [0, 0.05) is 12.4 Å². The summed E-state index contributed by atoms with van der Waals surface area (Å²) in [6.45, 7) is 0. The molecule has 0 radical (unpaired) electrons. The van der Waals surface area contributed by atoms with Crippen molar-refractivity contribution < 1.29 is 22.7 Å². The highest BCUT2D eigenvalue weighted by Gasteiger charge is 2.34. The van der Waals surface area contributed by atoms with Crippen molar-refractivity contribution in [1.82, 2.24) is 4.98 Å². The van der Waals surface area contributed by atoms with E-state index in [0.29, 0.717) is 15.6 Å². The van der Waals surface area contributed by atoms with E-state index in [1.165, 1.54) is 31.4 Å². The van der Waals surface area contributed by atoms with Crippen LogP contribution in [0.1, 0.15) is 11.1 Å². The van der Waals surface area contributed by atoms with Crippen LogP contribution >= 0.6 is 0 Å². The second-order valence-corrected chi connectivity index (χ2v) is 9.09. The number of aromatic nitrogens is 1. The van der Waals surface area contributed by atoms with Crippen molar-refractivity contribution >= 4 is 34.0 Å². The van der Waals surface area contributed by atoms with Crippen LogP contribution in [0, 0.1) is 0 Å². The Morgan fingerprint density at radius 1 is 0.800 bits per heavy atom. The average Bonchev–Trinajstić information content (AvgIpc) is 2.89. The van der Waals surface area contributed by atoms with Gasteiger partial charge in [-0.1, -0.05) is 48.6 Å². The highest BCUT2D eigenvalue weighted by molar-refractivity contribution is 7.93. The minimum atomic E-state index is -4.34. The fourth-order valence-electron chi connectivity index (χ4n) is 3.28. The van der Waals surface area contributed by atoms with Gasteiger partial charge in [-0.2, -0.15) is 4.31 Å². The summed E-state index contributed by atoms with van der Waals surface area (Å²) in [5, 5.41) is 0. The number of amides is 1. The number of methoxy groups -OCH3 is 1. The summed E-state index contributed by atoms with van der Waals surface area (Å²) >= 11 is 0. The molecule has 3 aromatic carbocycles. The number of hydrogen-bond donors (Lipinski definition) is 0. The van der Waals surface area contributed by atoms with Gasteiger partial charge in [0.15, 0.2) is 0 Å². The molecule has 0 atom stereocenters. The van der Waals surface area contributed by atoms with Crippen molar-refractivity contribution in [3.63, 3.8) is 0 Å².